The molecule has 0 radical (unpaired) electrons. The van der Waals surface area contributed by atoms with Crippen LogP contribution in [0.25, 0.3) is 0 Å². The lowest BCUT2D eigenvalue weighted by Crippen LogP contribution is -1.83. The Morgan fingerprint density at radius 2 is 1.78 bits per heavy atom. The molecule has 0 aliphatic rings. The normalized spacial score (nSPS) is 8.11. The summed E-state index contributed by atoms with van der Waals surface area (Å²) >= 11 is 4.07. The second-order valence-electron chi connectivity index (χ2n) is 1.56. The van der Waals surface area contributed by atoms with Crippen molar-refractivity contribution in [3.8, 4) is 0 Å². The van der Waals surface area contributed by atoms with Gasteiger partial charge in [0.2, 0.25) is 0 Å². The molecule has 0 saturated carbocycles. The number of benzene rings is 1. The largest absolute Gasteiger partial charge is 0.398 e. The van der Waals surface area contributed by atoms with Gasteiger partial charge in [-0.25, -0.2) is 0 Å². The molecule has 0 bridgehead atoms. The predicted molar refractivity (Wildman–Crippen MR) is 48.4 cm³/mol. The number of thiol groups is 1. The van der Waals surface area contributed by atoms with E-state index in [1.54, 1.807) is 0 Å². The minimum atomic E-state index is 0. The Kier molecular flexibility index (Phi) is 3.73. The molecule has 9 heavy (non-hydrogen) atoms. The third-order valence-corrected chi connectivity index (χ3v) is 1.34. The maximum atomic E-state index is 5.44. The fourth-order valence-electron chi connectivity index (χ4n) is 0.488. The van der Waals surface area contributed by atoms with Gasteiger partial charge in [0, 0.05) is 10.6 Å². The molecule has 0 fully saturated rings. The minimum absolute atomic E-state index is 0. The maximum Gasteiger partial charge on any atom is 0.0449 e. The van der Waals surface area contributed by atoms with Gasteiger partial charge in [-0.05, 0) is 12.1 Å². The van der Waals surface area contributed by atoms with E-state index in [-0.39, 0.29) is 17.0 Å². The Hall–Kier alpha value is -0.150. The zero-order chi connectivity index (χ0) is 5.98. The first-order valence-electron chi connectivity index (χ1n) is 2.34. The summed E-state index contributed by atoms with van der Waals surface area (Å²) in [4.78, 5) is 0.840. The van der Waals surface area contributed by atoms with Gasteiger partial charge in [0.05, 0.1) is 0 Å². The van der Waals surface area contributed by atoms with E-state index in [0.717, 1.165) is 10.6 Å². The molecule has 0 amide bonds. The summed E-state index contributed by atoms with van der Waals surface area (Å²) in [5, 5.41) is 0. The molecule has 1 aromatic rings. The van der Waals surface area contributed by atoms with Crippen molar-refractivity contribution < 1.29 is 0 Å². The smallest absolute Gasteiger partial charge is 0.0449 e. The SMILES string of the molecule is Br.Nc1ccccc1S. The highest BCUT2D eigenvalue weighted by Crippen LogP contribution is 2.13. The van der Waals surface area contributed by atoms with Crippen LogP contribution in [0.4, 0.5) is 5.69 Å². The molecule has 0 aliphatic carbocycles. The Morgan fingerprint density at radius 3 is 2.11 bits per heavy atom. The number of hydrogen-bond donors (Lipinski definition) is 2. The highest BCUT2D eigenvalue weighted by atomic mass is 79.9. The van der Waals surface area contributed by atoms with Crippen LogP contribution in [0.15, 0.2) is 29.2 Å². The Labute approximate surface area is 70.4 Å². The summed E-state index contributed by atoms with van der Waals surface area (Å²) in [7, 11) is 0. The van der Waals surface area contributed by atoms with E-state index in [0.29, 0.717) is 0 Å². The summed E-state index contributed by atoms with van der Waals surface area (Å²) in [6.45, 7) is 0. The van der Waals surface area contributed by atoms with Crippen molar-refractivity contribution >= 4 is 35.3 Å². The van der Waals surface area contributed by atoms with E-state index in [4.69, 9.17) is 5.73 Å². The number of rotatable bonds is 0. The van der Waals surface area contributed by atoms with Gasteiger partial charge in [0.1, 0.15) is 0 Å². The average Bonchev–Trinajstić information content (AvgIpc) is 1.77. The maximum absolute atomic E-state index is 5.44. The second kappa shape index (κ2) is 3.80. The summed E-state index contributed by atoms with van der Waals surface area (Å²) < 4.78 is 0. The first kappa shape index (κ1) is 8.85. The third kappa shape index (κ3) is 2.28. The first-order valence-corrected chi connectivity index (χ1v) is 2.79. The van der Waals surface area contributed by atoms with Gasteiger partial charge < -0.3 is 5.73 Å². The number of anilines is 1. The van der Waals surface area contributed by atoms with Crippen molar-refractivity contribution in [3.63, 3.8) is 0 Å². The van der Waals surface area contributed by atoms with Crippen LogP contribution in [0.1, 0.15) is 0 Å². The molecule has 50 valence electrons. The van der Waals surface area contributed by atoms with Gasteiger partial charge in [0.15, 0.2) is 0 Å². The highest BCUT2D eigenvalue weighted by Gasteiger charge is 1.85. The molecule has 0 aliphatic heterocycles. The van der Waals surface area contributed by atoms with E-state index in [2.05, 4.69) is 12.6 Å². The molecule has 0 spiro atoms. The Balaban J connectivity index is 0.000000640. The van der Waals surface area contributed by atoms with Crippen molar-refractivity contribution in [3.05, 3.63) is 24.3 Å². The molecule has 2 N–H and O–H groups in total. The van der Waals surface area contributed by atoms with E-state index in [1.165, 1.54) is 0 Å². The van der Waals surface area contributed by atoms with E-state index in [1.807, 2.05) is 24.3 Å². The molecule has 0 aromatic heterocycles. The topological polar surface area (TPSA) is 26.0 Å². The summed E-state index contributed by atoms with van der Waals surface area (Å²) in [5.74, 6) is 0. The molecule has 1 nitrogen and oxygen atoms in total. The summed E-state index contributed by atoms with van der Waals surface area (Å²) in [5.41, 5.74) is 6.18. The van der Waals surface area contributed by atoms with Crippen LogP contribution >= 0.6 is 29.6 Å². The lowest BCUT2D eigenvalue weighted by Gasteiger charge is -1.92. The lowest BCUT2D eigenvalue weighted by molar-refractivity contribution is 1.48. The Bertz CT molecular complexity index is 169. The van der Waals surface area contributed by atoms with Crippen LogP contribution in [0.5, 0.6) is 0 Å². The molecule has 3 heteroatoms. The number of nitrogen functional groups attached to an aromatic ring is 1. The number of para-hydroxylation sites is 1. The third-order valence-electron chi connectivity index (χ3n) is 0.937. The lowest BCUT2D eigenvalue weighted by atomic mass is 10.3. The van der Waals surface area contributed by atoms with E-state index >= 15 is 0 Å². The predicted octanol–water partition coefficient (Wildman–Crippen LogP) is 2.14. The van der Waals surface area contributed by atoms with Crippen LogP contribution < -0.4 is 5.73 Å². The molecule has 1 aromatic carbocycles. The fourth-order valence-corrected chi connectivity index (χ4v) is 0.648. The average molecular weight is 206 g/mol. The molecule has 1 rings (SSSR count). The zero-order valence-electron chi connectivity index (χ0n) is 4.74. The molecule has 0 unspecified atom stereocenters. The minimum Gasteiger partial charge on any atom is -0.398 e. The van der Waals surface area contributed by atoms with Gasteiger partial charge in [-0.15, -0.1) is 29.6 Å². The monoisotopic (exact) mass is 205 g/mol. The van der Waals surface area contributed by atoms with Crippen molar-refractivity contribution in [2.24, 2.45) is 0 Å². The van der Waals surface area contributed by atoms with Crippen molar-refractivity contribution in [1.29, 1.82) is 0 Å². The Morgan fingerprint density at radius 1 is 1.22 bits per heavy atom. The van der Waals surface area contributed by atoms with Crippen LogP contribution in [-0.4, -0.2) is 0 Å². The number of halogens is 1. The van der Waals surface area contributed by atoms with Crippen LogP contribution in [-0.2, 0) is 0 Å². The summed E-state index contributed by atoms with van der Waals surface area (Å²) in [6, 6.07) is 7.47. The van der Waals surface area contributed by atoms with Gasteiger partial charge >= 0.3 is 0 Å². The standard InChI is InChI=1S/C6H7NS.BrH/c7-5-3-1-2-4-6(5)8;/h1-4,8H,7H2;1H. The summed E-state index contributed by atoms with van der Waals surface area (Å²) in [6.07, 6.45) is 0. The molecular weight excluding hydrogens is 198 g/mol. The van der Waals surface area contributed by atoms with Crippen LogP contribution in [0.2, 0.25) is 0 Å². The van der Waals surface area contributed by atoms with E-state index < -0.39 is 0 Å². The number of hydrogen-bond acceptors (Lipinski definition) is 2. The second-order valence-corrected chi connectivity index (χ2v) is 2.04. The molecule has 0 heterocycles. The van der Waals surface area contributed by atoms with Crippen molar-refractivity contribution in [1.82, 2.24) is 0 Å². The van der Waals surface area contributed by atoms with Gasteiger partial charge in [0.25, 0.3) is 0 Å². The quantitative estimate of drug-likeness (QED) is 0.493. The zero-order valence-corrected chi connectivity index (χ0v) is 7.35. The first-order chi connectivity index (χ1) is 3.80. The van der Waals surface area contributed by atoms with Gasteiger partial charge in [-0.1, -0.05) is 12.1 Å². The van der Waals surface area contributed by atoms with E-state index in [9.17, 15) is 0 Å². The van der Waals surface area contributed by atoms with Crippen LogP contribution in [0.3, 0.4) is 0 Å². The molecular formula is C6H8BrNS. The fraction of sp³-hybridized carbons (Fsp3) is 0. The van der Waals surface area contributed by atoms with Crippen molar-refractivity contribution in [2.45, 2.75) is 4.90 Å². The van der Waals surface area contributed by atoms with Gasteiger partial charge in [-0.3, -0.25) is 0 Å². The van der Waals surface area contributed by atoms with Crippen LogP contribution in [0, 0.1) is 0 Å². The van der Waals surface area contributed by atoms with Gasteiger partial charge in [-0.2, -0.15) is 0 Å². The van der Waals surface area contributed by atoms with Crippen molar-refractivity contribution in [2.75, 3.05) is 5.73 Å². The molecule has 0 atom stereocenters. The molecule has 0 saturated heterocycles. The number of nitrogens with two attached hydrogens (primary N) is 1. The highest BCUT2D eigenvalue weighted by molar-refractivity contribution is 8.93.